The lowest BCUT2D eigenvalue weighted by atomic mass is 10.3. The number of hydrogen-bond donors (Lipinski definition) is 2. The minimum absolute atomic E-state index is 0.242. The Morgan fingerprint density at radius 3 is 3.06 bits per heavy atom. The average molecular weight is 238 g/mol. The van der Waals surface area contributed by atoms with Gasteiger partial charge in [0.05, 0.1) is 17.1 Å². The van der Waals surface area contributed by atoms with Gasteiger partial charge in [-0.2, -0.15) is 0 Å². The maximum atomic E-state index is 5.93. The molecule has 2 rings (SSSR count). The summed E-state index contributed by atoms with van der Waals surface area (Å²) in [6.07, 6.45) is 1.12. The summed E-state index contributed by atoms with van der Waals surface area (Å²) in [7, 11) is 0. The van der Waals surface area contributed by atoms with Crippen molar-refractivity contribution >= 4 is 22.6 Å². The molecule has 1 aromatic heterocycles. The molecule has 1 atom stereocenters. The van der Waals surface area contributed by atoms with Crippen molar-refractivity contribution in [2.24, 2.45) is 0 Å². The van der Waals surface area contributed by atoms with Gasteiger partial charge < -0.3 is 10.3 Å². The second-order valence-corrected chi connectivity index (χ2v) is 4.40. The lowest BCUT2D eigenvalue weighted by Crippen LogP contribution is -2.20. The topological polar surface area (TPSA) is 40.7 Å². The Morgan fingerprint density at radius 2 is 2.31 bits per heavy atom. The van der Waals surface area contributed by atoms with Crippen LogP contribution in [0.3, 0.4) is 0 Å². The summed E-state index contributed by atoms with van der Waals surface area (Å²) in [6.45, 7) is 5.26. The molecule has 0 saturated carbocycles. The molecule has 0 spiro atoms. The third kappa shape index (κ3) is 2.36. The number of benzene rings is 1. The van der Waals surface area contributed by atoms with Crippen LogP contribution in [0, 0.1) is 0 Å². The van der Waals surface area contributed by atoms with E-state index in [2.05, 4.69) is 29.1 Å². The van der Waals surface area contributed by atoms with Crippen molar-refractivity contribution in [1.29, 1.82) is 0 Å². The number of rotatable bonds is 4. The molecule has 0 radical (unpaired) electrons. The molecule has 3 nitrogen and oxygen atoms in total. The van der Waals surface area contributed by atoms with Crippen LogP contribution in [0.1, 0.15) is 32.1 Å². The standard InChI is InChI=1S/C12H16ClN3/c1-3-6-14-8(2)12-15-10-5-4-9(13)7-11(10)16-12/h4-5,7-8,14H,3,6H2,1-2H3,(H,15,16). The largest absolute Gasteiger partial charge is 0.341 e. The van der Waals surface area contributed by atoms with Crippen LogP contribution in [0.25, 0.3) is 11.0 Å². The molecule has 0 amide bonds. The van der Waals surface area contributed by atoms with Crippen LogP contribution in [-0.2, 0) is 0 Å². The number of halogens is 1. The molecule has 2 aromatic rings. The molecule has 1 unspecified atom stereocenters. The summed E-state index contributed by atoms with van der Waals surface area (Å²) < 4.78 is 0. The van der Waals surface area contributed by atoms with Gasteiger partial charge in [-0.15, -0.1) is 0 Å². The monoisotopic (exact) mass is 237 g/mol. The highest BCUT2D eigenvalue weighted by Crippen LogP contribution is 2.19. The number of aromatic nitrogens is 2. The predicted octanol–water partition coefficient (Wildman–Crippen LogP) is 3.28. The molecule has 4 heteroatoms. The second-order valence-electron chi connectivity index (χ2n) is 3.96. The Bertz CT molecular complexity index is 478. The van der Waals surface area contributed by atoms with Crippen molar-refractivity contribution in [1.82, 2.24) is 15.3 Å². The maximum Gasteiger partial charge on any atom is 0.124 e. The quantitative estimate of drug-likeness (QED) is 0.857. The molecule has 0 aliphatic rings. The van der Waals surface area contributed by atoms with Crippen molar-refractivity contribution in [3.8, 4) is 0 Å². The fourth-order valence-corrected chi connectivity index (χ4v) is 1.84. The molecular weight excluding hydrogens is 222 g/mol. The number of hydrogen-bond acceptors (Lipinski definition) is 2. The van der Waals surface area contributed by atoms with Crippen LogP contribution in [-0.4, -0.2) is 16.5 Å². The number of nitrogens with one attached hydrogen (secondary N) is 2. The number of nitrogens with zero attached hydrogens (tertiary/aromatic N) is 1. The third-order valence-corrected chi connectivity index (χ3v) is 2.81. The SMILES string of the molecule is CCCNC(C)c1nc2ccc(Cl)cc2[nH]1. The fraction of sp³-hybridized carbons (Fsp3) is 0.417. The molecule has 1 heterocycles. The summed E-state index contributed by atoms with van der Waals surface area (Å²) in [6, 6.07) is 5.94. The van der Waals surface area contributed by atoms with Crippen LogP contribution in [0.2, 0.25) is 5.02 Å². The zero-order valence-electron chi connectivity index (χ0n) is 9.55. The minimum atomic E-state index is 0.242. The zero-order chi connectivity index (χ0) is 11.5. The minimum Gasteiger partial charge on any atom is -0.341 e. The highest BCUT2D eigenvalue weighted by Gasteiger charge is 2.09. The highest BCUT2D eigenvalue weighted by molar-refractivity contribution is 6.31. The van der Waals surface area contributed by atoms with Crippen molar-refractivity contribution in [3.05, 3.63) is 29.0 Å². The first kappa shape index (κ1) is 11.4. The van der Waals surface area contributed by atoms with Crippen molar-refractivity contribution < 1.29 is 0 Å². The first-order chi connectivity index (χ1) is 7.70. The van der Waals surface area contributed by atoms with Gasteiger partial charge in [0.15, 0.2) is 0 Å². The van der Waals surface area contributed by atoms with Crippen molar-refractivity contribution in [3.63, 3.8) is 0 Å². The van der Waals surface area contributed by atoms with E-state index >= 15 is 0 Å². The van der Waals surface area contributed by atoms with Gasteiger partial charge in [-0.05, 0) is 38.1 Å². The normalized spacial score (nSPS) is 13.2. The Labute approximate surface area is 100 Å². The lowest BCUT2D eigenvalue weighted by molar-refractivity contribution is 0.550. The number of fused-ring (bicyclic) bond motifs is 1. The summed E-state index contributed by atoms with van der Waals surface area (Å²) in [4.78, 5) is 7.82. The zero-order valence-corrected chi connectivity index (χ0v) is 10.3. The first-order valence-corrected chi connectivity index (χ1v) is 5.97. The summed E-state index contributed by atoms with van der Waals surface area (Å²) in [5.74, 6) is 0.964. The Balaban J connectivity index is 2.25. The molecule has 0 fully saturated rings. The van der Waals surface area contributed by atoms with Gasteiger partial charge in [0.2, 0.25) is 0 Å². The predicted molar refractivity (Wildman–Crippen MR) is 67.8 cm³/mol. The van der Waals surface area contributed by atoms with Gasteiger partial charge in [0.1, 0.15) is 5.82 Å². The summed E-state index contributed by atoms with van der Waals surface area (Å²) in [5, 5.41) is 4.13. The van der Waals surface area contributed by atoms with E-state index in [1.165, 1.54) is 0 Å². The van der Waals surface area contributed by atoms with E-state index in [1.54, 1.807) is 0 Å². The molecule has 0 bridgehead atoms. The highest BCUT2D eigenvalue weighted by atomic mass is 35.5. The molecule has 2 N–H and O–H groups in total. The lowest BCUT2D eigenvalue weighted by Gasteiger charge is -2.09. The van der Waals surface area contributed by atoms with Crippen LogP contribution in [0.15, 0.2) is 18.2 Å². The Morgan fingerprint density at radius 1 is 1.50 bits per heavy atom. The molecule has 86 valence electrons. The van der Waals surface area contributed by atoms with Gasteiger partial charge >= 0.3 is 0 Å². The second kappa shape index (κ2) is 4.85. The molecule has 0 aliphatic carbocycles. The van der Waals surface area contributed by atoms with E-state index < -0.39 is 0 Å². The van der Waals surface area contributed by atoms with Gasteiger partial charge in [-0.1, -0.05) is 18.5 Å². The molecule has 0 aliphatic heterocycles. The van der Waals surface area contributed by atoms with Gasteiger partial charge in [-0.25, -0.2) is 4.98 Å². The number of imidazole rings is 1. The summed E-state index contributed by atoms with van der Waals surface area (Å²) >= 11 is 5.93. The van der Waals surface area contributed by atoms with E-state index in [0.29, 0.717) is 0 Å². The Hall–Kier alpha value is -1.06. The smallest absolute Gasteiger partial charge is 0.124 e. The molecule has 1 aromatic carbocycles. The van der Waals surface area contributed by atoms with E-state index in [9.17, 15) is 0 Å². The first-order valence-electron chi connectivity index (χ1n) is 5.59. The molecule has 0 saturated heterocycles. The van der Waals surface area contributed by atoms with Crippen molar-refractivity contribution in [2.45, 2.75) is 26.3 Å². The molecular formula is C12H16ClN3. The molecule has 16 heavy (non-hydrogen) atoms. The van der Waals surface area contributed by atoms with Crippen LogP contribution >= 0.6 is 11.6 Å². The Kier molecular flexibility index (Phi) is 3.46. The van der Waals surface area contributed by atoms with E-state index in [4.69, 9.17) is 11.6 Å². The third-order valence-electron chi connectivity index (χ3n) is 2.57. The summed E-state index contributed by atoms with van der Waals surface area (Å²) in [5.41, 5.74) is 1.96. The fourth-order valence-electron chi connectivity index (χ4n) is 1.66. The van der Waals surface area contributed by atoms with Crippen LogP contribution in [0.5, 0.6) is 0 Å². The number of aromatic amines is 1. The van der Waals surface area contributed by atoms with E-state index in [-0.39, 0.29) is 6.04 Å². The van der Waals surface area contributed by atoms with Crippen LogP contribution < -0.4 is 5.32 Å². The van der Waals surface area contributed by atoms with E-state index in [1.807, 2.05) is 18.2 Å². The van der Waals surface area contributed by atoms with Crippen LogP contribution in [0.4, 0.5) is 0 Å². The van der Waals surface area contributed by atoms with Crippen molar-refractivity contribution in [2.75, 3.05) is 6.54 Å². The van der Waals surface area contributed by atoms with E-state index in [0.717, 1.165) is 34.8 Å². The number of H-pyrrole nitrogens is 1. The average Bonchev–Trinajstić information content (AvgIpc) is 2.68. The van der Waals surface area contributed by atoms with Gasteiger partial charge in [0.25, 0.3) is 0 Å². The van der Waals surface area contributed by atoms with Gasteiger partial charge in [-0.3, -0.25) is 0 Å². The van der Waals surface area contributed by atoms with Gasteiger partial charge in [0, 0.05) is 5.02 Å². The maximum absolute atomic E-state index is 5.93.